The van der Waals surface area contributed by atoms with Gasteiger partial charge in [0.25, 0.3) is 0 Å². The minimum Gasteiger partial charge on any atom is -0.487 e. The molecule has 2 rings (SSSR count). The standard InChI is InChI=1S/C14H12BrF2NO/c1-9-5-6-13(12(7-15)18-9)19-8-10-3-2-4-11(16)14(10)17/h2-6H,7-8H2,1H3. The number of ether oxygens (including phenoxy) is 1. The van der Waals surface area contributed by atoms with E-state index in [1.54, 1.807) is 6.07 Å². The minimum atomic E-state index is -0.872. The van der Waals surface area contributed by atoms with E-state index in [1.807, 2.05) is 13.0 Å². The maximum absolute atomic E-state index is 13.5. The van der Waals surface area contributed by atoms with Crippen molar-refractivity contribution in [1.29, 1.82) is 0 Å². The third-order valence-corrected chi connectivity index (χ3v) is 3.14. The van der Waals surface area contributed by atoms with Crippen molar-refractivity contribution in [3.8, 4) is 5.75 Å². The lowest BCUT2D eigenvalue weighted by atomic mass is 10.2. The van der Waals surface area contributed by atoms with Crippen LogP contribution in [0.15, 0.2) is 30.3 Å². The third kappa shape index (κ3) is 3.29. The second-order valence-corrected chi connectivity index (χ2v) is 4.59. The zero-order valence-electron chi connectivity index (χ0n) is 10.3. The lowest BCUT2D eigenvalue weighted by molar-refractivity contribution is 0.293. The molecule has 0 unspecified atom stereocenters. The maximum atomic E-state index is 13.5. The fourth-order valence-corrected chi connectivity index (χ4v) is 2.04. The zero-order valence-corrected chi connectivity index (χ0v) is 11.9. The lowest BCUT2D eigenvalue weighted by Gasteiger charge is -2.10. The van der Waals surface area contributed by atoms with E-state index in [2.05, 4.69) is 20.9 Å². The first kappa shape index (κ1) is 13.9. The van der Waals surface area contributed by atoms with Gasteiger partial charge in [-0.05, 0) is 25.1 Å². The molecule has 0 saturated carbocycles. The number of aromatic nitrogens is 1. The molecule has 0 atom stereocenters. The summed E-state index contributed by atoms with van der Waals surface area (Å²) >= 11 is 3.32. The Morgan fingerprint density at radius 2 is 2.00 bits per heavy atom. The first-order valence-corrected chi connectivity index (χ1v) is 6.82. The van der Waals surface area contributed by atoms with Gasteiger partial charge in [-0.25, -0.2) is 8.78 Å². The molecule has 19 heavy (non-hydrogen) atoms. The third-order valence-electron chi connectivity index (χ3n) is 2.61. The van der Waals surface area contributed by atoms with Gasteiger partial charge in [-0.15, -0.1) is 0 Å². The summed E-state index contributed by atoms with van der Waals surface area (Å²) in [4.78, 5) is 4.30. The predicted molar refractivity (Wildman–Crippen MR) is 72.3 cm³/mol. The van der Waals surface area contributed by atoms with Crippen LogP contribution in [0.3, 0.4) is 0 Å². The Hall–Kier alpha value is -1.49. The van der Waals surface area contributed by atoms with Crippen molar-refractivity contribution in [2.45, 2.75) is 18.9 Å². The Morgan fingerprint density at radius 1 is 1.21 bits per heavy atom. The highest BCUT2D eigenvalue weighted by molar-refractivity contribution is 9.08. The van der Waals surface area contributed by atoms with Gasteiger partial charge in [0.15, 0.2) is 11.6 Å². The van der Waals surface area contributed by atoms with Gasteiger partial charge in [0.1, 0.15) is 12.4 Å². The van der Waals surface area contributed by atoms with Crippen LogP contribution < -0.4 is 4.74 Å². The maximum Gasteiger partial charge on any atom is 0.165 e. The van der Waals surface area contributed by atoms with Crippen molar-refractivity contribution in [3.63, 3.8) is 0 Å². The number of aryl methyl sites for hydroxylation is 1. The second-order valence-electron chi connectivity index (χ2n) is 4.03. The van der Waals surface area contributed by atoms with E-state index >= 15 is 0 Å². The summed E-state index contributed by atoms with van der Waals surface area (Å²) in [6.07, 6.45) is 0. The molecule has 0 N–H and O–H groups in total. The number of halogens is 3. The molecule has 0 aliphatic rings. The Morgan fingerprint density at radius 3 is 2.74 bits per heavy atom. The van der Waals surface area contributed by atoms with Gasteiger partial charge in [-0.3, -0.25) is 4.98 Å². The molecule has 0 spiro atoms. The molecule has 0 aliphatic carbocycles. The highest BCUT2D eigenvalue weighted by Crippen LogP contribution is 2.21. The van der Waals surface area contributed by atoms with Gasteiger partial charge >= 0.3 is 0 Å². The van der Waals surface area contributed by atoms with E-state index in [4.69, 9.17) is 4.74 Å². The quantitative estimate of drug-likeness (QED) is 0.787. The molecule has 1 aromatic carbocycles. The number of pyridine rings is 1. The molecular formula is C14H12BrF2NO. The van der Waals surface area contributed by atoms with Crippen molar-refractivity contribution in [3.05, 3.63) is 58.9 Å². The van der Waals surface area contributed by atoms with Crippen LogP contribution >= 0.6 is 15.9 Å². The molecule has 0 fully saturated rings. The Kier molecular flexibility index (Phi) is 4.47. The number of hydrogen-bond acceptors (Lipinski definition) is 2. The van der Waals surface area contributed by atoms with Crippen LogP contribution in [-0.2, 0) is 11.9 Å². The number of nitrogens with zero attached hydrogens (tertiary/aromatic N) is 1. The molecule has 0 amide bonds. The molecular weight excluding hydrogens is 316 g/mol. The van der Waals surface area contributed by atoms with Gasteiger partial charge in [0.2, 0.25) is 0 Å². The largest absolute Gasteiger partial charge is 0.487 e. The van der Waals surface area contributed by atoms with Crippen LogP contribution in [0.5, 0.6) is 5.75 Å². The summed E-state index contributed by atoms with van der Waals surface area (Å²) in [5.74, 6) is -1.18. The van der Waals surface area contributed by atoms with Crippen molar-refractivity contribution in [1.82, 2.24) is 4.98 Å². The summed E-state index contributed by atoms with van der Waals surface area (Å²) in [6, 6.07) is 7.61. The van der Waals surface area contributed by atoms with E-state index in [9.17, 15) is 8.78 Å². The summed E-state index contributed by atoms with van der Waals surface area (Å²) in [6.45, 7) is 1.84. The van der Waals surface area contributed by atoms with Gasteiger partial charge < -0.3 is 4.74 Å². The average molecular weight is 328 g/mol. The molecule has 100 valence electrons. The fourth-order valence-electron chi connectivity index (χ4n) is 1.64. The number of alkyl halides is 1. The van der Waals surface area contributed by atoms with Gasteiger partial charge in [0.05, 0.1) is 5.69 Å². The average Bonchev–Trinajstić information content (AvgIpc) is 2.41. The molecule has 5 heteroatoms. The second kappa shape index (κ2) is 6.10. The molecule has 0 aliphatic heterocycles. The molecule has 1 aromatic heterocycles. The molecule has 2 aromatic rings. The molecule has 0 saturated heterocycles. The minimum absolute atomic E-state index is 0.0334. The summed E-state index contributed by atoms with van der Waals surface area (Å²) < 4.78 is 32.0. The van der Waals surface area contributed by atoms with Crippen molar-refractivity contribution in [2.75, 3.05) is 0 Å². The monoisotopic (exact) mass is 327 g/mol. The molecule has 0 bridgehead atoms. The fraction of sp³-hybridized carbons (Fsp3) is 0.214. The predicted octanol–water partition coefficient (Wildman–Crippen LogP) is 4.14. The molecule has 2 nitrogen and oxygen atoms in total. The highest BCUT2D eigenvalue weighted by atomic mass is 79.9. The normalized spacial score (nSPS) is 10.5. The smallest absolute Gasteiger partial charge is 0.165 e. The Bertz CT molecular complexity index is 590. The van der Waals surface area contributed by atoms with Gasteiger partial charge in [-0.1, -0.05) is 28.1 Å². The van der Waals surface area contributed by atoms with E-state index in [-0.39, 0.29) is 12.2 Å². The molecule has 0 radical (unpaired) electrons. The van der Waals surface area contributed by atoms with Crippen molar-refractivity contribution >= 4 is 15.9 Å². The van der Waals surface area contributed by atoms with E-state index in [1.165, 1.54) is 12.1 Å². The number of benzene rings is 1. The number of rotatable bonds is 4. The first-order chi connectivity index (χ1) is 9.11. The SMILES string of the molecule is Cc1ccc(OCc2cccc(F)c2F)c(CBr)n1. The van der Waals surface area contributed by atoms with Crippen LogP contribution in [0.1, 0.15) is 17.0 Å². The van der Waals surface area contributed by atoms with Crippen molar-refractivity contribution in [2.24, 2.45) is 0 Å². The number of hydrogen-bond donors (Lipinski definition) is 0. The summed E-state index contributed by atoms with van der Waals surface area (Å²) in [7, 11) is 0. The van der Waals surface area contributed by atoms with Crippen LogP contribution in [0, 0.1) is 18.6 Å². The summed E-state index contributed by atoms with van der Waals surface area (Å²) in [5, 5.41) is 0.537. The summed E-state index contributed by atoms with van der Waals surface area (Å²) in [5.41, 5.74) is 1.79. The van der Waals surface area contributed by atoms with Crippen LogP contribution in [-0.4, -0.2) is 4.98 Å². The van der Waals surface area contributed by atoms with E-state index in [0.29, 0.717) is 11.1 Å². The van der Waals surface area contributed by atoms with E-state index in [0.717, 1.165) is 17.5 Å². The van der Waals surface area contributed by atoms with Crippen molar-refractivity contribution < 1.29 is 13.5 Å². The topological polar surface area (TPSA) is 22.1 Å². The van der Waals surface area contributed by atoms with Gasteiger partial charge in [-0.2, -0.15) is 0 Å². The van der Waals surface area contributed by atoms with E-state index < -0.39 is 11.6 Å². The Balaban J connectivity index is 2.17. The van der Waals surface area contributed by atoms with Crippen LogP contribution in [0.25, 0.3) is 0 Å². The van der Waals surface area contributed by atoms with Crippen LogP contribution in [0.4, 0.5) is 8.78 Å². The van der Waals surface area contributed by atoms with Crippen LogP contribution in [0.2, 0.25) is 0 Å². The lowest BCUT2D eigenvalue weighted by Crippen LogP contribution is -2.03. The van der Waals surface area contributed by atoms with Gasteiger partial charge in [0, 0.05) is 16.6 Å². The molecule has 1 heterocycles. The highest BCUT2D eigenvalue weighted by Gasteiger charge is 2.10. The first-order valence-electron chi connectivity index (χ1n) is 5.70. The zero-order chi connectivity index (χ0) is 13.8. The Labute approximate surface area is 118 Å².